The van der Waals surface area contributed by atoms with Crippen molar-refractivity contribution in [2.45, 2.75) is 19.0 Å². The van der Waals surface area contributed by atoms with Crippen LogP contribution in [-0.4, -0.2) is 88.1 Å². The van der Waals surface area contributed by atoms with Crippen molar-refractivity contribution in [2.24, 2.45) is 7.05 Å². The van der Waals surface area contributed by atoms with Crippen molar-refractivity contribution in [1.29, 1.82) is 0 Å². The van der Waals surface area contributed by atoms with Gasteiger partial charge in [-0.3, -0.25) is 9.58 Å². The molecule has 1 N–H and O–H groups in total. The van der Waals surface area contributed by atoms with Gasteiger partial charge in [-0.05, 0) is 14.0 Å². The third kappa shape index (κ3) is 2.74. The molecule has 130 valence electrons. The van der Waals surface area contributed by atoms with E-state index >= 15 is 0 Å². The predicted molar refractivity (Wildman–Crippen MR) is 92.1 cm³/mol. The molecule has 4 heterocycles. The van der Waals surface area contributed by atoms with Gasteiger partial charge in [0.1, 0.15) is 12.1 Å². The Bertz CT molecular complexity index is 723. The monoisotopic (exact) mass is 331 g/mol. The van der Waals surface area contributed by atoms with Gasteiger partial charge in [0.05, 0.1) is 36.4 Å². The average Bonchev–Trinajstić information content (AvgIpc) is 3.14. The largest absolute Gasteiger partial charge is 0.378 e. The summed E-state index contributed by atoms with van der Waals surface area (Å²) in [6, 6.07) is 0.631. The Hall–Kier alpha value is -1.77. The molecular weight excluding hydrogens is 306 g/mol. The Kier molecular flexibility index (Phi) is 4.11. The lowest BCUT2D eigenvalue weighted by molar-refractivity contribution is 0.0949. The van der Waals surface area contributed by atoms with Crippen LogP contribution in [0.5, 0.6) is 0 Å². The Labute approximate surface area is 141 Å². The number of anilines is 1. The van der Waals surface area contributed by atoms with Gasteiger partial charge < -0.3 is 15.0 Å². The standard InChI is InChI=1S/C16H25N7O/c1-11-14-15(17-10-18-16(14)22(3)20-11)19-12-8-24-9-13(12)23-6-4-21(2)5-7-23/h10,12-13H,4-9H2,1-3H3,(H,17,18,19)/t12-,13-/m0/s1. The Morgan fingerprint density at radius 3 is 2.71 bits per heavy atom. The third-order valence-electron chi connectivity index (χ3n) is 5.18. The Balaban J connectivity index is 1.56. The first-order valence-corrected chi connectivity index (χ1v) is 8.54. The zero-order valence-electron chi connectivity index (χ0n) is 14.6. The number of hydrogen-bond acceptors (Lipinski definition) is 7. The molecule has 0 radical (unpaired) electrons. The van der Waals surface area contributed by atoms with Crippen molar-refractivity contribution in [1.82, 2.24) is 29.5 Å². The summed E-state index contributed by atoms with van der Waals surface area (Å²) in [5.74, 6) is 0.861. The van der Waals surface area contributed by atoms with E-state index < -0.39 is 0 Å². The molecule has 8 nitrogen and oxygen atoms in total. The first-order valence-electron chi connectivity index (χ1n) is 8.54. The molecule has 2 saturated heterocycles. The van der Waals surface area contributed by atoms with Crippen LogP contribution in [0.1, 0.15) is 5.69 Å². The van der Waals surface area contributed by atoms with Crippen molar-refractivity contribution in [2.75, 3.05) is 51.8 Å². The average molecular weight is 331 g/mol. The van der Waals surface area contributed by atoms with E-state index in [9.17, 15) is 0 Å². The minimum Gasteiger partial charge on any atom is -0.378 e. The number of hydrogen-bond donors (Lipinski definition) is 1. The normalized spacial score (nSPS) is 26.3. The lowest BCUT2D eigenvalue weighted by atomic mass is 10.1. The second kappa shape index (κ2) is 6.27. The summed E-state index contributed by atoms with van der Waals surface area (Å²) in [5, 5.41) is 9.09. The molecule has 2 fully saturated rings. The van der Waals surface area contributed by atoms with E-state index in [1.165, 1.54) is 0 Å². The van der Waals surface area contributed by atoms with Gasteiger partial charge in [-0.25, -0.2) is 9.97 Å². The molecule has 4 rings (SSSR count). The first kappa shape index (κ1) is 15.7. The molecule has 8 heteroatoms. The van der Waals surface area contributed by atoms with Crippen LogP contribution in [0.25, 0.3) is 11.0 Å². The number of likely N-dealkylation sites (N-methyl/N-ethyl adjacent to an activating group) is 1. The minimum absolute atomic E-state index is 0.242. The third-order valence-corrected chi connectivity index (χ3v) is 5.18. The van der Waals surface area contributed by atoms with Gasteiger partial charge >= 0.3 is 0 Å². The quantitative estimate of drug-likeness (QED) is 0.855. The van der Waals surface area contributed by atoms with Crippen LogP contribution in [0.15, 0.2) is 6.33 Å². The Morgan fingerprint density at radius 1 is 1.12 bits per heavy atom. The number of rotatable bonds is 3. The fourth-order valence-corrected chi connectivity index (χ4v) is 3.76. The van der Waals surface area contributed by atoms with Crippen LogP contribution in [0.4, 0.5) is 5.82 Å². The topological polar surface area (TPSA) is 71.3 Å². The molecule has 2 aromatic rings. The number of aryl methyl sites for hydroxylation is 2. The van der Waals surface area contributed by atoms with Crippen molar-refractivity contribution >= 4 is 16.9 Å². The summed E-state index contributed by atoms with van der Waals surface area (Å²) >= 11 is 0. The zero-order valence-corrected chi connectivity index (χ0v) is 14.6. The molecule has 0 unspecified atom stereocenters. The number of nitrogens with zero attached hydrogens (tertiary/aromatic N) is 6. The number of ether oxygens (including phenoxy) is 1. The maximum Gasteiger partial charge on any atom is 0.163 e. The van der Waals surface area contributed by atoms with E-state index in [1.807, 2.05) is 14.0 Å². The maximum atomic E-state index is 5.79. The molecule has 2 aromatic heterocycles. The number of nitrogens with one attached hydrogen (secondary N) is 1. The van der Waals surface area contributed by atoms with Gasteiger partial charge in [0, 0.05) is 33.2 Å². The van der Waals surface area contributed by atoms with Crippen LogP contribution in [0.3, 0.4) is 0 Å². The lowest BCUT2D eigenvalue weighted by Gasteiger charge is -2.38. The van der Waals surface area contributed by atoms with Crippen LogP contribution in [-0.2, 0) is 11.8 Å². The summed E-state index contributed by atoms with van der Waals surface area (Å²) in [7, 11) is 4.10. The van der Waals surface area contributed by atoms with Gasteiger partial charge in [0.2, 0.25) is 0 Å². The SMILES string of the molecule is Cc1nn(C)c2ncnc(N[C@H]3COC[C@@H]3N3CCN(C)CC3)c12. The molecule has 0 aromatic carbocycles. The second-order valence-electron chi connectivity index (χ2n) is 6.82. The van der Waals surface area contributed by atoms with Crippen molar-refractivity contribution in [3.05, 3.63) is 12.0 Å². The van der Waals surface area contributed by atoms with E-state index in [-0.39, 0.29) is 6.04 Å². The zero-order chi connectivity index (χ0) is 16.7. The van der Waals surface area contributed by atoms with Gasteiger partial charge in [0.15, 0.2) is 5.65 Å². The fraction of sp³-hybridized carbons (Fsp3) is 0.688. The first-order chi connectivity index (χ1) is 11.6. The minimum atomic E-state index is 0.242. The molecule has 24 heavy (non-hydrogen) atoms. The smallest absolute Gasteiger partial charge is 0.163 e. The molecule has 2 aliphatic heterocycles. The number of aromatic nitrogens is 4. The predicted octanol–water partition coefficient (Wildman–Crippen LogP) is 0.0984. The van der Waals surface area contributed by atoms with E-state index in [0.29, 0.717) is 12.6 Å². The highest BCUT2D eigenvalue weighted by Crippen LogP contribution is 2.25. The summed E-state index contributed by atoms with van der Waals surface area (Å²) < 4.78 is 7.59. The van der Waals surface area contributed by atoms with E-state index in [2.05, 4.69) is 37.2 Å². The highest BCUT2D eigenvalue weighted by Gasteiger charge is 2.35. The van der Waals surface area contributed by atoms with Gasteiger partial charge in [-0.15, -0.1) is 0 Å². The van der Waals surface area contributed by atoms with Crippen molar-refractivity contribution in [3.63, 3.8) is 0 Å². The van der Waals surface area contributed by atoms with Gasteiger partial charge in [-0.1, -0.05) is 0 Å². The lowest BCUT2D eigenvalue weighted by Crippen LogP contribution is -2.54. The van der Waals surface area contributed by atoms with Crippen LogP contribution in [0, 0.1) is 6.92 Å². The summed E-state index contributed by atoms with van der Waals surface area (Å²) in [6.07, 6.45) is 1.60. The van der Waals surface area contributed by atoms with Gasteiger partial charge in [-0.2, -0.15) is 5.10 Å². The van der Waals surface area contributed by atoms with Crippen LogP contribution in [0.2, 0.25) is 0 Å². The summed E-state index contributed by atoms with van der Waals surface area (Å²) in [6.45, 7) is 7.90. The van der Waals surface area contributed by atoms with E-state index in [1.54, 1.807) is 11.0 Å². The summed E-state index contributed by atoms with van der Waals surface area (Å²) in [5.41, 5.74) is 1.81. The molecule has 0 spiro atoms. The summed E-state index contributed by atoms with van der Waals surface area (Å²) in [4.78, 5) is 13.8. The molecule has 0 amide bonds. The molecule has 0 aliphatic carbocycles. The van der Waals surface area contributed by atoms with E-state index in [0.717, 1.165) is 55.3 Å². The molecule has 2 atom stereocenters. The van der Waals surface area contributed by atoms with Crippen molar-refractivity contribution in [3.8, 4) is 0 Å². The number of piperazine rings is 1. The van der Waals surface area contributed by atoms with Crippen LogP contribution >= 0.6 is 0 Å². The molecular formula is C16H25N7O. The van der Waals surface area contributed by atoms with Gasteiger partial charge in [0.25, 0.3) is 0 Å². The van der Waals surface area contributed by atoms with Crippen LogP contribution < -0.4 is 5.32 Å². The number of fused-ring (bicyclic) bond motifs is 1. The van der Waals surface area contributed by atoms with E-state index in [4.69, 9.17) is 4.74 Å². The fourth-order valence-electron chi connectivity index (χ4n) is 3.76. The highest BCUT2D eigenvalue weighted by molar-refractivity contribution is 5.89. The van der Waals surface area contributed by atoms with Crippen molar-refractivity contribution < 1.29 is 4.74 Å². The molecule has 0 saturated carbocycles. The molecule has 0 bridgehead atoms. The highest BCUT2D eigenvalue weighted by atomic mass is 16.5. The Morgan fingerprint density at radius 2 is 1.92 bits per heavy atom. The maximum absolute atomic E-state index is 5.79. The molecule has 2 aliphatic rings. The second-order valence-corrected chi connectivity index (χ2v) is 6.82.